The molecule has 0 heterocycles. The van der Waals surface area contributed by atoms with Crippen LogP contribution >= 0.6 is 27.5 Å². The van der Waals surface area contributed by atoms with E-state index < -0.39 is 0 Å². The molecule has 114 valence electrons. The van der Waals surface area contributed by atoms with Crippen LogP contribution in [0.15, 0.2) is 46.9 Å². The summed E-state index contributed by atoms with van der Waals surface area (Å²) >= 11 is 9.76. The van der Waals surface area contributed by atoms with Crippen LogP contribution < -0.4 is 4.74 Å². The predicted molar refractivity (Wildman–Crippen MR) is 93.6 cm³/mol. The van der Waals surface area contributed by atoms with E-state index in [1.54, 1.807) is 0 Å². The molecule has 0 bridgehead atoms. The minimum Gasteiger partial charge on any atom is -0.490 e. The van der Waals surface area contributed by atoms with Gasteiger partial charge in [0.15, 0.2) is 0 Å². The molecule has 0 amide bonds. The molecule has 3 atom stereocenters. The van der Waals surface area contributed by atoms with Gasteiger partial charge in [-0.1, -0.05) is 39.7 Å². The molecule has 0 aliphatic heterocycles. The molecule has 2 aliphatic rings. The second-order valence-corrected chi connectivity index (χ2v) is 7.85. The summed E-state index contributed by atoms with van der Waals surface area (Å²) < 4.78 is 7.15. The predicted octanol–water partition coefficient (Wildman–Crippen LogP) is 5.87. The van der Waals surface area contributed by atoms with Crippen molar-refractivity contribution in [3.63, 3.8) is 0 Å². The second-order valence-electron chi connectivity index (χ2n) is 6.52. The van der Waals surface area contributed by atoms with Gasteiger partial charge >= 0.3 is 0 Å². The fraction of sp³-hybridized carbons (Fsp3) is 0.368. The number of fused-ring (bicyclic) bond motifs is 1. The van der Waals surface area contributed by atoms with Crippen LogP contribution in [0.5, 0.6) is 5.75 Å². The minimum absolute atomic E-state index is 0.439. The van der Waals surface area contributed by atoms with E-state index in [0.29, 0.717) is 6.10 Å². The van der Waals surface area contributed by atoms with Gasteiger partial charge in [-0.05, 0) is 79.0 Å². The Balaban J connectivity index is 1.41. The fourth-order valence-corrected chi connectivity index (χ4v) is 4.13. The lowest BCUT2D eigenvalue weighted by Crippen LogP contribution is -2.13. The summed E-state index contributed by atoms with van der Waals surface area (Å²) in [4.78, 5) is 0. The van der Waals surface area contributed by atoms with Gasteiger partial charge in [0.1, 0.15) is 5.75 Å². The van der Waals surface area contributed by atoms with Gasteiger partial charge in [0.2, 0.25) is 0 Å². The van der Waals surface area contributed by atoms with Gasteiger partial charge in [-0.2, -0.15) is 0 Å². The number of rotatable bonds is 4. The van der Waals surface area contributed by atoms with Crippen LogP contribution in [0.25, 0.3) is 0 Å². The van der Waals surface area contributed by atoms with Crippen molar-refractivity contribution in [1.29, 1.82) is 0 Å². The molecule has 2 aromatic carbocycles. The van der Waals surface area contributed by atoms with E-state index in [1.165, 1.54) is 24.8 Å². The maximum Gasteiger partial charge on any atom is 0.119 e. The Morgan fingerprint density at radius 2 is 1.73 bits per heavy atom. The molecule has 2 aromatic rings. The highest BCUT2D eigenvalue weighted by Crippen LogP contribution is 2.52. The van der Waals surface area contributed by atoms with Crippen molar-refractivity contribution in [2.24, 2.45) is 11.8 Å². The summed E-state index contributed by atoms with van der Waals surface area (Å²) in [5.74, 6) is 2.92. The number of halogens is 2. The number of ether oxygens (including phenoxy) is 1. The Kier molecular flexibility index (Phi) is 3.91. The quantitative estimate of drug-likeness (QED) is 0.647. The lowest BCUT2D eigenvalue weighted by molar-refractivity contribution is 0.194. The Morgan fingerprint density at radius 3 is 2.45 bits per heavy atom. The van der Waals surface area contributed by atoms with Crippen LogP contribution in [0.3, 0.4) is 0 Å². The third kappa shape index (κ3) is 3.18. The van der Waals surface area contributed by atoms with E-state index >= 15 is 0 Å². The summed E-state index contributed by atoms with van der Waals surface area (Å²) in [6.45, 7) is 0. The van der Waals surface area contributed by atoms with Gasteiger partial charge in [0.05, 0.1) is 6.10 Å². The lowest BCUT2D eigenvalue weighted by atomic mass is 10.0. The van der Waals surface area contributed by atoms with E-state index in [9.17, 15) is 0 Å². The first-order chi connectivity index (χ1) is 10.7. The van der Waals surface area contributed by atoms with Gasteiger partial charge in [-0.25, -0.2) is 0 Å². The third-order valence-corrected chi connectivity index (χ3v) is 5.69. The summed E-state index contributed by atoms with van der Waals surface area (Å²) in [7, 11) is 0. The molecule has 22 heavy (non-hydrogen) atoms. The molecule has 0 spiro atoms. The largest absolute Gasteiger partial charge is 0.490 e. The molecular weight excluding hydrogens is 360 g/mol. The zero-order valence-corrected chi connectivity index (χ0v) is 14.6. The van der Waals surface area contributed by atoms with Crippen molar-refractivity contribution in [2.75, 3.05) is 0 Å². The Morgan fingerprint density at radius 1 is 1.00 bits per heavy atom. The maximum absolute atomic E-state index is 6.26. The molecule has 2 fully saturated rings. The Hall–Kier alpha value is -0.990. The lowest BCUT2D eigenvalue weighted by Gasteiger charge is -2.15. The molecular formula is C19H18BrClO. The fourth-order valence-electron chi connectivity index (χ4n) is 3.53. The molecule has 2 saturated carbocycles. The molecule has 2 aliphatic carbocycles. The number of benzene rings is 2. The highest BCUT2D eigenvalue weighted by molar-refractivity contribution is 9.10. The Labute approximate surface area is 144 Å². The smallest absolute Gasteiger partial charge is 0.119 e. The molecule has 0 N–H and O–H groups in total. The molecule has 0 radical (unpaired) electrons. The molecule has 1 nitrogen and oxygen atoms in total. The van der Waals surface area contributed by atoms with Crippen LogP contribution in [0.1, 0.15) is 30.4 Å². The SMILES string of the molecule is Clc1ccc(Br)cc1Cc1ccc(O[C@@H]2C[C@@H]3C[C@@H]3C2)cc1. The van der Waals surface area contributed by atoms with Crippen molar-refractivity contribution in [3.8, 4) is 5.75 Å². The zero-order chi connectivity index (χ0) is 15.1. The standard InChI is InChI=1S/C19H18BrClO/c20-16-3-6-19(21)15(9-16)7-12-1-4-17(5-2-12)22-18-10-13-8-14(13)11-18/h1-6,9,13-14,18H,7-8,10-11H2/t13-,14+,18+. The van der Waals surface area contributed by atoms with Gasteiger partial charge in [0.25, 0.3) is 0 Å². The van der Waals surface area contributed by atoms with Crippen molar-refractivity contribution in [3.05, 3.63) is 63.1 Å². The number of hydrogen-bond donors (Lipinski definition) is 0. The first-order valence-electron chi connectivity index (χ1n) is 7.87. The van der Waals surface area contributed by atoms with Crippen molar-refractivity contribution >= 4 is 27.5 Å². The van der Waals surface area contributed by atoms with Crippen molar-refractivity contribution < 1.29 is 4.74 Å². The van der Waals surface area contributed by atoms with Crippen LogP contribution in [-0.2, 0) is 6.42 Å². The average Bonchev–Trinajstić information content (AvgIpc) is 3.12. The highest BCUT2D eigenvalue weighted by atomic mass is 79.9. The summed E-state index contributed by atoms with van der Waals surface area (Å²) in [5, 5.41) is 0.814. The number of hydrogen-bond acceptors (Lipinski definition) is 1. The molecule has 3 heteroatoms. The highest BCUT2D eigenvalue weighted by Gasteiger charge is 2.46. The second kappa shape index (κ2) is 5.90. The summed E-state index contributed by atoms with van der Waals surface area (Å²) in [6, 6.07) is 14.4. The van der Waals surface area contributed by atoms with Gasteiger partial charge in [0, 0.05) is 9.50 Å². The van der Waals surface area contributed by atoms with E-state index in [4.69, 9.17) is 16.3 Å². The van der Waals surface area contributed by atoms with Crippen molar-refractivity contribution in [1.82, 2.24) is 0 Å². The summed E-state index contributed by atoms with van der Waals surface area (Å²) in [5.41, 5.74) is 2.39. The molecule has 0 unspecified atom stereocenters. The van der Waals surface area contributed by atoms with Gasteiger partial charge in [-0.15, -0.1) is 0 Å². The third-order valence-electron chi connectivity index (χ3n) is 4.83. The van der Waals surface area contributed by atoms with Gasteiger partial charge in [-0.3, -0.25) is 0 Å². The van der Waals surface area contributed by atoms with E-state index in [0.717, 1.165) is 39.1 Å². The first-order valence-corrected chi connectivity index (χ1v) is 9.04. The van der Waals surface area contributed by atoms with Crippen LogP contribution in [0.4, 0.5) is 0 Å². The minimum atomic E-state index is 0.439. The van der Waals surface area contributed by atoms with E-state index in [-0.39, 0.29) is 0 Å². The van der Waals surface area contributed by atoms with E-state index in [2.05, 4.69) is 46.3 Å². The van der Waals surface area contributed by atoms with Crippen LogP contribution in [0, 0.1) is 11.8 Å². The van der Waals surface area contributed by atoms with Crippen molar-refractivity contribution in [2.45, 2.75) is 31.8 Å². The topological polar surface area (TPSA) is 9.23 Å². The Bertz CT molecular complexity index is 672. The first kappa shape index (κ1) is 14.6. The van der Waals surface area contributed by atoms with E-state index in [1.807, 2.05) is 12.1 Å². The maximum atomic E-state index is 6.26. The molecule has 0 aromatic heterocycles. The zero-order valence-electron chi connectivity index (χ0n) is 12.3. The summed E-state index contributed by atoms with van der Waals surface area (Å²) in [6.07, 6.45) is 5.22. The molecule has 0 saturated heterocycles. The monoisotopic (exact) mass is 376 g/mol. The van der Waals surface area contributed by atoms with Crippen LogP contribution in [0.2, 0.25) is 5.02 Å². The average molecular weight is 378 g/mol. The normalized spacial score (nSPS) is 25.8. The van der Waals surface area contributed by atoms with Gasteiger partial charge < -0.3 is 4.74 Å². The molecule has 4 rings (SSSR count). The van der Waals surface area contributed by atoms with Crippen LogP contribution in [-0.4, -0.2) is 6.10 Å².